The Bertz CT molecular complexity index is 536. The summed E-state index contributed by atoms with van der Waals surface area (Å²) in [5.41, 5.74) is 8.33. The molecule has 1 unspecified atom stereocenters. The van der Waals surface area contributed by atoms with Crippen LogP contribution < -0.4 is 5.73 Å². The van der Waals surface area contributed by atoms with E-state index in [4.69, 9.17) is 5.73 Å². The van der Waals surface area contributed by atoms with E-state index in [2.05, 4.69) is 16.5 Å². The van der Waals surface area contributed by atoms with Crippen LogP contribution in [-0.4, -0.2) is 14.1 Å². The van der Waals surface area contributed by atoms with E-state index < -0.39 is 11.2 Å². The molecule has 0 aliphatic rings. The van der Waals surface area contributed by atoms with Gasteiger partial charge in [-0.25, -0.2) is 4.98 Å². The van der Waals surface area contributed by atoms with Crippen molar-refractivity contribution < 1.29 is 4.55 Å². The highest BCUT2D eigenvalue weighted by molar-refractivity contribution is 7.90. The van der Waals surface area contributed by atoms with E-state index in [1.807, 2.05) is 25.4 Å². The van der Waals surface area contributed by atoms with Gasteiger partial charge in [0.15, 0.2) is 10.6 Å². The Hall–Kier alpha value is -1.46. The highest BCUT2D eigenvalue weighted by Crippen LogP contribution is 2.19. The van der Waals surface area contributed by atoms with Crippen LogP contribution in [0.15, 0.2) is 35.5 Å². The van der Waals surface area contributed by atoms with Gasteiger partial charge in [0.2, 0.25) is 0 Å². The molecule has 0 bridgehead atoms. The van der Waals surface area contributed by atoms with E-state index in [1.54, 1.807) is 12.1 Å². The molecule has 0 saturated heterocycles. The first kappa shape index (κ1) is 14.0. The van der Waals surface area contributed by atoms with Crippen LogP contribution in [0.5, 0.6) is 0 Å². The van der Waals surface area contributed by atoms with E-state index in [0.29, 0.717) is 11.4 Å². The molecule has 0 saturated carbocycles. The maximum absolute atomic E-state index is 12.4. The summed E-state index contributed by atoms with van der Waals surface area (Å²) in [6, 6.07) is 7.20. The molecule has 0 aliphatic heterocycles. The summed E-state index contributed by atoms with van der Waals surface area (Å²) in [6.45, 7) is 4.99. The van der Waals surface area contributed by atoms with Crippen LogP contribution in [-0.2, 0) is 23.5 Å². The van der Waals surface area contributed by atoms with Crippen molar-refractivity contribution in [3.63, 3.8) is 0 Å². The zero-order valence-electron chi connectivity index (χ0n) is 11.3. The largest absolute Gasteiger partial charge is 0.611 e. The number of rotatable bonds is 5. The SMILES string of the molecule is CCCn1cnc(C)c1C[S+]([O-])c1ccc(N)cc1. The van der Waals surface area contributed by atoms with Crippen molar-refractivity contribution >= 4 is 16.9 Å². The van der Waals surface area contributed by atoms with Crippen LogP contribution in [0.2, 0.25) is 0 Å². The maximum Gasteiger partial charge on any atom is 0.153 e. The number of nitrogen functional groups attached to an aromatic ring is 1. The third-order valence-electron chi connectivity index (χ3n) is 3.03. The van der Waals surface area contributed by atoms with Gasteiger partial charge in [-0.3, -0.25) is 0 Å². The molecule has 0 spiro atoms. The van der Waals surface area contributed by atoms with E-state index in [-0.39, 0.29) is 0 Å². The minimum absolute atomic E-state index is 0.496. The zero-order chi connectivity index (χ0) is 13.8. The molecule has 102 valence electrons. The van der Waals surface area contributed by atoms with Crippen LogP contribution in [0.1, 0.15) is 24.7 Å². The van der Waals surface area contributed by atoms with Crippen LogP contribution in [0.4, 0.5) is 5.69 Å². The monoisotopic (exact) mass is 277 g/mol. The van der Waals surface area contributed by atoms with Crippen molar-refractivity contribution in [2.45, 2.75) is 37.5 Å². The number of benzene rings is 1. The van der Waals surface area contributed by atoms with Crippen molar-refractivity contribution in [2.24, 2.45) is 0 Å². The van der Waals surface area contributed by atoms with Crippen molar-refractivity contribution in [3.8, 4) is 0 Å². The minimum Gasteiger partial charge on any atom is -0.611 e. The van der Waals surface area contributed by atoms with Crippen molar-refractivity contribution in [1.29, 1.82) is 0 Å². The Morgan fingerprint density at radius 1 is 1.32 bits per heavy atom. The van der Waals surface area contributed by atoms with Crippen molar-refractivity contribution in [3.05, 3.63) is 42.0 Å². The topological polar surface area (TPSA) is 66.9 Å². The molecule has 1 atom stereocenters. The Labute approximate surface area is 116 Å². The summed E-state index contributed by atoms with van der Waals surface area (Å²) in [7, 11) is 0. The smallest absolute Gasteiger partial charge is 0.153 e. The second-order valence-electron chi connectivity index (χ2n) is 4.53. The highest BCUT2D eigenvalue weighted by Gasteiger charge is 2.17. The minimum atomic E-state index is -1.06. The average Bonchev–Trinajstić information content (AvgIpc) is 2.73. The van der Waals surface area contributed by atoms with Gasteiger partial charge < -0.3 is 14.9 Å². The third-order valence-corrected chi connectivity index (χ3v) is 4.36. The molecule has 0 aliphatic carbocycles. The predicted octanol–water partition coefficient (Wildman–Crippen LogP) is 2.49. The number of nitrogens with two attached hydrogens (primary N) is 1. The number of aromatic nitrogens is 2. The molecule has 0 amide bonds. The molecule has 4 nitrogen and oxygen atoms in total. The lowest BCUT2D eigenvalue weighted by Crippen LogP contribution is -2.11. The van der Waals surface area contributed by atoms with Gasteiger partial charge in [0.05, 0.1) is 17.7 Å². The van der Waals surface area contributed by atoms with Gasteiger partial charge in [-0.15, -0.1) is 0 Å². The van der Waals surface area contributed by atoms with Gasteiger partial charge in [0.25, 0.3) is 0 Å². The number of nitrogens with zero attached hydrogens (tertiary/aromatic N) is 2. The second kappa shape index (κ2) is 6.12. The summed E-state index contributed by atoms with van der Waals surface area (Å²) in [5.74, 6) is 0.496. The van der Waals surface area contributed by atoms with Gasteiger partial charge in [0.1, 0.15) is 0 Å². The number of anilines is 1. The molecule has 0 radical (unpaired) electrons. The van der Waals surface area contributed by atoms with E-state index in [9.17, 15) is 4.55 Å². The molecule has 2 rings (SSSR count). The fourth-order valence-electron chi connectivity index (χ4n) is 1.96. The normalized spacial score (nSPS) is 12.6. The summed E-state index contributed by atoms with van der Waals surface area (Å²) in [6.07, 6.45) is 2.87. The molecule has 1 heterocycles. The van der Waals surface area contributed by atoms with E-state index >= 15 is 0 Å². The van der Waals surface area contributed by atoms with Gasteiger partial charge in [-0.2, -0.15) is 0 Å². The number of hydrogen-bond donors (Lipinski definition) is 1. The maximum atomic E-state index is 12.4. The lowest BCUT2D eigenvalue weighted by Gasteiger charge is -2.13. The first-order chi connectivity index (χ1) is 9.11. The van der Waals surface area contributed by atoms with Crippen molar-refractivity contribution in [2.75, 3.05) is 5.73 Å². The fraction of sp³-hybridized carbons (Fsp3) is 0.357. The Kier molecular flexibility index (Phi) is 4.50. The molecule has 19 heavy (non-hydrogen) atoms. The number of hydrogen-bond acceptors (Lipinski definition) is 3. The number of imidazole rings is 1. The first-order valence-electron chi connectivity index (χ1n) is 6.36. The first-order valence-corrected chi connectivity index (χ1v) is 7.68. The summed E-state index contributed by atoms with van der Waals surface area (Å²) in [4.78, 5) is 5.11. The molecule has 1 aromatic heterocycles. The van der Waals surface area contributed by atoms with Gasteiger partial charge >= 0.3 is 0 Å². The van der Waals surface area contributed by atoms with Crippen LogP contribution in [0.3, 0.4) is 0 Å². The molecule has 0 fully saturated rings. The quantitative estimate of drug-likeness (QED) is 0.674. The van der Waals surface area contributed by atoms with Crippen LogP contribution >= 0.6 is 0 Å². The molecule has 2 N–H and O–H groups in total. The summed E-state index contributed by atoms with van der Waals surface area (Å²) in [5, 5.41) is 0. The number of aryl methyl sites for hydroxylation is 2. The summed E-state index contributed by atoms with van der Waals surface area (Å²) < 4.78 is 14.4. The Morgan fingerprint density at radius 3 is 2.63 bits per heavy atom. The molecule has 2 aromatic rings. The lowest BCUT2D eigenvalue weighted by atomic mass is 10.3. The van der Waals surface area contributed by atoms with Crippen LogP contribution in [0, 0.1) is 6.92 Å². The standard InChI is InChI=1S/C14H19N3OS/c1-3-8-17-10-16-11(2)14(17)9-19(18)13-6-4-12(15)5-7-13/h4-7,10H,3,8-9,15H2,1-2H3. The second-order valence-corrected chi connectivity index (χ2v) is 5.98. The van der Waals surface area contributed by atoms with E-state index in [1.165, 1.54) is 0 Å². The zero-order valence-corrected chi connectivity index (χ0v) is 12.1. The third kappa shape index (κ3) is 3.30. The molecular formula is C14H19N3OS. The summed E-state index contributed by atoms with van der Waals surface area (Å²) >= 11 is -1.06. The molecule has 5 heteroatoms. The van der Waals surface area contributed by atoms with Gasteiger partial charge in [-0.05, 0) is 48.8 Å². The highest BCUT2D eigenvalue weighted by atomic mass is 32.2. The van der Waals surface area contributed by atoms with Gasteiger partial charge in [-0.1, -0.05) is 6.92 Å². The van der Waals surface area contributed by atoms with Gasteiger partial charge in [0, 0.05) is 12.2 Å². The Balaban J connectivity index is 2.16. The molecular weight excluding hydrogens is 258 g/mol. The lowest BCUT2D eigenvalue weighted by molar-refractivity contribution is 0.588. The fourth-order valence-corrected chi connectivity index (χ4v) is 3.19. The van der Waals surface area contributed by atoms with Crippen molar-refractivity contribution in [1.82, 2.24) is 9.55 Å². The predicted molar refractivity (Wildman–Crippen MR) is 78.2 cm³/mol. The molecule has 1 aromatic carbocycles. The van der Waals surface area contributed by atoms with E-state index in [0.717, 1.165) is 29.2 Å². The average molecular weight is 277 g/mol. The van der Waals surface area contributed by atoms with Crippen LogP contribution in [0.25, 0.3) is 0 Å². The Morgan fingerprint density at radius 2 is 2.00 bits per heavy atom.